The third-order valence-corrected chi connectivity index (χ3v) is 6.31. The Morgan fingerprint density at radius 1 is 1.26 bits per heavy atom. The Morgan fingerprint density at radius 2 is 1.97 bits per heavy atom. The first-order valence-corrected chi connectivity index (χ1v) is 11.8. The maximum Gasteiger partial charge on any atom is 0.413 e. The van der Waals surface area contributed by atoms with Crippen LogP contribution in [0, 0.1) is 5.41 Å². The number of carbonyl (C=O) groups is 4. The molecule has 9 nitrogen and oxygen atoms in total. The Labute approximate surface area is 202 Å². The van der Waals surface area contributed by atoms with Gasteiger partial charge in [-0.1, -0.05) is 44.2 Å². The van der Waals surface area contributed by atoms with Gasteiger partial charge in [0.15, 0.2) is 11.9 Å². The molecule has 34 heavy (non-hydrogen) atoms. The lowest BCUT2D eigenvalue weighted by atomic mass is 9.79. The van der Waals surface area contributed by atoms with Gasteiger partial charge in [0.2, 0.25) is 11.8 Å². The van der Waals surface area contributed by atoms with E-state index >= 15 is 0 Å². The number of primary amides is 1. The summed E-state index contributed by atoms with van der Waals surface area (Å²) in [7, 11) is 1.40. The monoisotopic (exact) mass is 487 g/mol. The zero-order valence-electron chi connectivity index (χ0n) is 19.4. The quantitative estimate of drug-likeness (QED) is 0.558. The summed E-state index contributed by atoms with van der Waals surface area (Å²) in [6.07, 6.45) is -1.12. The molecule has 182 valence electrons. The second-order valence-electron chi connectivity index (χ2n) is 9.07. The molecule has 0 spiro atoms. The number of nitrogens with zero attached hydrogens (tertiary/aromatic N) is 1. The standard InChI is InChI=1S/C24H29N3O6S/c1-24(2,11-15-7-5-4-6-8-15)12-17(26-23(31)33-16-9-10-34-14-16)22(30)27(3)19-18(28)13-32-20(19)21(25)29/h4-10,14,17,19-20H,11-13H2,1-3H3,(H2,25,29)(H,26,31)/t17-,19?,20?/m0/s1. The zero-order valence-corrected chi connectivity index (χ0v) is 20.2. The van der Waals surface area contributed by atoms with Crippen LogP contribution >= 0.6 is 11.3 Å². The van der Waals surface area contributed by atoms with Crippen LogP contribution in [-0.4, -0.2) is 60.4 Å². The van der Waals surface area contributed by atoms with E-state index in [2.05, 4.69) is 5.32 Å². The molecule has 3 rings (SSSR count). The van der Waals surface area contributed by atoms with E-state index < -0.39 is 47.3 Å². The van der Waals surface area contributed by atoms with Crippen molar-refractivity contribution in [1.29, 1.82) is 0 Å². The van der Waals surface area contributed by atoms with Crippen molar-refractivity contribution in [3.8, 4) is 5.75 Å². The molecule has 1 fully saturated rings. The predicted octanol–water partition coefficient (Wildman–Crippen LogP) is 2.14. The lowest BCUT2D eigenvalue weighted by molar-refractivity contribution is -0.141. The molecule has 1 aromatic heterocycles. The molecular formula is C24H29N3O6S. The summed E-state index contributed by atoms with van der Waals surface area (Å²) in [4.78, 5) is 51.4. The number of ketones is 1. The highest BCUT2D eigenvalue weighted by Crippen LogP contribution is 2.29. The number of benzene rings is 1. The molecule has 1 aromatic carbocycles. The first-order chi connectivity index (χ1) is 16.1. The van der Waals surface area contributed by atoms with Crippen LogP contribution in [0.1, 0.15) is 25.8 Å². The molecule has 1 aliphatic rings. The van der Waals surface area contributed by atoms with Gasteiger partial charge < -0.3 is 25.4 Å². The second kappa shape index (κ2) is 10.8. The highest BCUT2D eigenvalue weighted by molar-refractivity contribution is 7.08. The smallest absolute Gasteiger partial charge is 0.409 e. The van der Waals surface area contributed by atoms with E-state index in [1.807, 2.05) is 44.2 Å². The fourth-order valence-corrected chi connectivity index (χ4v) is 4.67. The number of Topliss-reactive ketones (excluding diaryl/α,β-unsaturated/α-hetero) is 1. The molecular weight excluding hydrogens is 458 g/mol. The van der Waals surface area contributed by atoms with Gasteiger partial charge in [0, 0.05) is 12.4 Å². The van der Waals surface area contributed by atoms with Crippen molar-refractivity contribution in [1.82, 2.24) is 10.2 Å². The zero-order chi connectivity index (χ0) is 24.9. The molecule has 0 bridgehead atoms. The number of nitrogens with one attached hydrogen (secondary N) is 1. The Hall–Kier alpha value is -3.24. The van der Waals surface area contributed by atoms with Gasteiger partial charge in [-0.2, -0.15) is 0 Å². The lowest BCUT2D eigenvalue weighted by Crippen LogP contribution is -2.57. The minimum Gasteiger partial charge on any atom is -0.409 e. The summed E-state index contributed by atoms with van der Waals surface area (Å²) >= 11 is 1.37. The summed E-state index contributed by atoms with van der Waals surface area (Å²) in [5.41, 5.74) is 6.04. The SMILES string of the molecule is CN(C(=O)[C@H](CC(C)(C)Cc1ccccc1)NC(=O)Oc1ccsc1)C1C(=O)COC1C(N)=O. The van der Waals surface area contributed by atoms with Crippen molar-refractivity contribution < 1.29 is 28.7 Å². The molecule has 0 saturated carbocycles. The number of carbonyl (C=O) groups excluding carboxylic acids is 4. The summed E-state index contributed by atoms with van der Waals surface area (Å²) in [5.74, 6) is -1.44. The average molecular weight is 488 g/mol. The average Bonchev–Trinajstić information content (AvgIpc) is 3.41. The van der Waals surface area contributed by atoms with Gasteiger partial charge in [0.05, 0.1) is 0 Å². The van der Waals surface area contributed by atoms with Crippen molar-refractivity contribution in [2.24, 2.45) is 11.1 Å². The Morgan fingerprint density at radius 3 is 2.59 bits per heavy atom. The summed E-state index contributed by atoms with van der Waals surface area (Å²) < 4.78 is 10.5. The molecule has 2 aromatic rings. The van der Waals surface area contributed by atoms with Gasteiger partial charge in [-0.15, -0.1) is 11.3 Å². The molecule has 3 amide bonds. The molecule has 0 radical (unpaired) electrons. The van der Waals surface area contributed by atoms with Crippen LogP contribution in [0.15, 0.2) is 47.2 Å². The molecule has 1 aliphatic heterocycles. The second-order valence-corrected chi connectivity index (χ2v) is 9.85. The lowest BCUT2D eigenvalue weighted by Gasteiger charge is -2.34. The van der Waals surface area contributed by atoms with E-state index in [4.69, 9.17) is 15.2 Å². The Kier molecular flexibility index (Phi) is 8.06. The van der Waals surface area contributed by atoms with Crippen molar-refractivity contribution in [2.75, 3.05) is 13.7 Å². The molecule has 2 heterocycles. The molecule has 3 N–H and O–H groups in total. The van der Waals surface area contributed by atoms with Crippen LogP contribution in [0.3, 0.4) is 0 Å². The fourth-order valence-electron chi connectivity index (χ4n) is 4.12. The molecule has 10 heteroatoms. The van der Waals surface area contributed by atoms with Gasteiger partial charge in [-0.05, 0) is 35.3 Å². The van der Waals surface area contributed by atoms with Crippen molar-refractivity contribution in [3.63, 3.8) is 0 Å². The summed E-state index contributed by atoms with van der Waals surface area (Å²) in [6.45, 7) is 3.66. The van der Waals surface area contributed by atoms with Gasteiger partial charge in [0.1, 0.15) is 24.4 Å². The normalized spacial score (nSPS) is 18.9. The number of amides is 3. The molecule has 3 atom stereocenters. The van der Waals surface area contributed by atoms with E-state index in [1.165, 1.54) is 18.4 Å². The van der Waals surface area contributed by atoms with Gasteiger partial charge in [-0.25, -0.2) is 4.79 Å². The number of hydrogen-bond donors (Lipinski definition) is 2. The van der Waals surface area contributed by atoms with Crippen molar-refractivity contribution >= 4 is 35.0 Å². The highest BCUT2D eigenvalue weighted by atomic mass is 32.1. The van der Waals surface area contributed by atoms with Gasteiger partial charge >= 0.3 is 6.09 Å². The molecule has 2 unspecified atom stereocenters. The largest absolute Gasteiger partial charge is 0.413 e. The number of hydrogen-bond acceptors (Lipinski definition) is 7. The van der Waals surface area contributed by atoms with Crippen LogP contribution in [-0.2, 0) is 25.5 Å². The first kappa shape index (κ1) is 25.4. The maximum absolute atomic E-state index is 13.5. The van der Waals surface area contributed by atoms with Crippen LogP contribution < -0.4 is 15.8 Å². The van der Waals surface area contributed by atoms with Crippen molar-refractivity contribution in [3.05, 3.63) is 52.7 Å². The van der Waals surface area contributed by atoms with Gasteiger partial charge in [0.25, 0.3) is 0 Å². The topological polar surface area (TPSA) is 128 Å². The third-order valence-electron chi connectivity index (χ3n) is 5.65. The number of rotatable bonds is 9. The van der Waals surface area contributed by atoms with Crippen LogP contribution in [0.5, 0.6) is 5.75 Å². The fraction of sp³-hybridized carbons (Fsp3) is 0.417. The van der Waals surface area contributed by atoms with Crippen LogP contribution in [0.4, 0.5) is 4.79 Å². The summed E-state index contributed by atoms with van der Waals surface area (Å²) in [6, 6.07) is 9.26. The minimum atomic E-state index is -1.24. The number of thiophene rings is 1. The number of likely N-dealkylation sites (N-methyl/N-ethyl adjacent to an activating group) is 1. The van der Waals surface area contributed by atoms with Crippen LogP contribution in [0.2, 0.25) is 0 Å². The van der Waals surface area contributed by atoms with E-state index in [-0.39, 0.29) is 13.0 Å². The third kappa shape index (κ3) is 6.42. The Balaban J connectivity index is 1.80. The first-order valence-electron chi connectivity index (χ1n) is 10.8. The Bertz CT molecular complexity index is 1020. The summed E-state index contributed by atoms with van der Waals surface area (Å²) in [5, 5.41) is 6.07. The van der Waals surface area contributed by atoms with Gasteiger partial charge in [-0.3, -0.25) is 14.4 Å². The molecule has 1 saturated heterocycles. The maximum atomic E-state index is 13.5. The van der Waals surface area contributed by atoms with Crippen LogP contribution in [0.25, 0.3) is 0 Å². The van der Waals surface area contributed by atoms with E-state index in [1.54, 1.807) is 16.8 Å². The number of ether oxygens (including phenoxy) is 2. The molecule has 0 aliphatic carbocycles. The van der Waals surface area contributed by atoms with E-state index in [0.717, 1.165) is 10.5 Å². The minimum absolute atomic E-state index is 0.257. The van der Waals surface area contributed by atoms with E-state index in [0.29, 0.717) is 12.2 Å². The number of nitrogens with two attached hydrogens (primary N) is 1. The van der Waals surface area contributed by atoms with Crippen molar-refractivity contribution in [2.45, 2.75) is 44.9 Å². The van der Waals surface area contributed by atoms with E-state index in [9.17, 15) is 19.2 Å². The predicted molar refractivity (Wildman–Crippen MR) is 126 cm³/mol. The highest BCUT2D eigenvalue weighted by Gasteiger charge is 2.45.